The van der Waals surface area contributed by atoms with E-state index in [1.54, 1.807) is 0 Å². The Bertz CT molecular complexity index is 278. The van der Waals surface area contributed by atoms with Gasteiger partial charge in [0.15, 0.2) is 0 Å². The third-order valence-electron chi connectivity index (χ3n) is 2.79. The van der Waals surface area contributed by atoms with Crippen LogP contribution in [0.3, 0.4) is 0 Å². The van der Waals surface area contributed by atoms with Crippen molar-refractivity contribution in [3.63, 3.8) is 0 Å². The Hall–Kier alpha value is -1.10. The Labute approximate surface area is 116 Å². The smallest absolute Gasteiger partial charge is 0.303 e. The summed E-state index contributed by atoms with van der Waals surface area (Å²) in [4.78, 5) is 26.5. The van der Waals surface area contributed by atoms with E-state index in [0.717, 1.165) is 19.6 Å². The first-order valence-electron chi connectivity index (χ1n) is 6.97. The largest absolute Gasteiger partial charge is 0.481 e. The zero-order valence-electron chi connectivity index (χ0n) is 12.7. The Morgan fingerprint density at radius 2 is 1.63 bits per heavy atom. The van der Waals surface area contributed by atoms with Crippen LogP contribution in [0.1, 0.15) is 39.5 Å². The van der Waals surface area contributed by atoms with Gasteiger partial charge in [-0.25, -0.2) is 0 Å². The molecule has 0 aromatic carbocycles. The Balaban J connectivity index is 4.10. The number of hydrogen-bond acceptors (Lipinski definition) is 3. The minimum Gasteiger partial charge on any atom is -0.481 e. The molecule has 0 fully saturated rings. The van der Waals surface area contributed by atoms with Crippen molar-refractivity contribution in [2.45, 2.75) is 39.5 Å². The number of carboxylic acid groups (broad SMARTS) is 1. The van der Waals surface area contributed by atoms with E-state index >= 15 is 0 Å². The number of nitrogens with zero attached hydrogens (tertiary/aromatic N) is 2. The molecule has 0 aliphatic carbocycles. The molecule has 0 aromatic heterocycles. The Morgan fingerprint density at radius 1 is 1.05 bits per heavy atom. The van der Waals surface area contributed by atoms with Crippen molar-refractivity contribution in [3.05, 3.63) is 0 Å². The van der Waals surface area contributed by atoms with Crippen LogP contribution in [0.2, 0.25) is 0 Å². The fourth-order valence-electron chi connectivity index (χ4n) is 1.79. The summed E-state index contributed by atoms with van der Waals surface area (Å²) in [7, 11) is 3.98. The van der Waals surface area contributed by atoms with Crippen LogP contribution in [0.25, 0.3) is 0 Å². The van der Waals surface area contributed by atoms with E-state index in [9.17, 15) is 9.59 Å². The topological polar surface area (TPSA) is 60.9 Å². The molecule has 0 rings (SSSR count). The maximum absolute atomic E-state index is 12.1. The molecule has 1 amide bonds. The number of carbonyl (C=O) groups excluding carboxylic acids is 1. The van der Waals surface area contributed by atoms with Gasteiger partial charge in [-0.1, -0.05) is 13.8 Å². The summed E-state index contributed by atoms with van der Waals surface area (Å²) in [6.45, 7) is 6.56. The predicted octanol–water partition coefficient (Wildman–Crippen LogP) is 1.68. The molecule has 0 bridgehead atoms. The fourth-order valence-corrected chi connectivity index (χ4v) is 1.79. The van der Waals surface area contributed by atoms with Crippen LogP contribution in [0, 0.1) is 5.92 Å². The van der Waals surface area contributed by atoms with E-state index in [-0.39, 0.29) is 12.3 Å². The molecule has 0 aliphatic heterocycles. The van der Waals surface area contributed by atoms with Crippen molar-refractivity contribution in [1.82, 2.24) is 9.80 Å². The van der Waals surface area contributed by atoms with Crippen LogP contribution in [0.4, 0.5) is 0 Å². The van der Waals surface area contributed by atoms with E-state index in [1.807, 2.05) is 19.0 Å². The summed E-state index contributed by atoms with van der Waals surface area (Å²) < 4.78 is 0. The minimum absolute atomic E-state index is 0.140. The van der Waals surface area contributed by atoms with Gasteiger partial charge in [0.1, 0.15) is 0 Å². The second-order valence-corrected chi connectivity index (χ2v) is 5.64. The van der Waals surface area contributed by atoms with Crippen LogP contribution < -0.4 is 0 Å². The molecule has 0 heterocycles. The maximum Gasteiger partial charge on any atom is 0.303 e. The summed E-state index contributed by atoms with van der Waals surface area (Å²) >= 11 is 0. The van der Waals surface area contributed by atoms with Crippen LogP contribution in [-0.4, -0.2) is 60.5 Å². The average Bonchev–Trinajstić information content (AvgIpc) is 2.28. The fraction of sp³-hybridized carbons (Fsp3) is 0.857. The number of likely N-dealkylation sites (N-methyl/N-ethyl adjacent to an activating group) is 1. The second-order valence-electron chi connectivity index (χ2n) is 5.64. The first-order chi connectivity index (χ1) is 8.82. The van der Waals surface area contributed by atoms with Gasteiger partial charge in [-0.15, -0.1) is 0 Å². The molecule has 0 aromatic rings. The molecule has 5 heteroatoms. The monoisotopic (exact) mass is 272 g/mol. The number of hydrogen-bond donors (Lipinski definition) is 1. The molecular formula is C14H28N2O3. The molecule has 0 atom stereocenters. The molecule has 0 saturated heterocycles. The van der Waals surface area contributed by atoms with E-state index in [4.69, 9.17) is 5.11 Å². The van der Waals surface area contributed by atoms with Crippen LogP contribution in [0.5, 0.6) is 0 Å². The first-order valence-corrected chi connectivity index (χ1v) is 6.97. The summed E-state index contributed by atoms with van der Waals surface area (Å²) in [6.07, 6.45) is 1.83. The first kappa shape index (κ1) is 17.9. The lowest BCUT2D eigenvalue weighted by atomic mass is 10.1. The zero-order valence-corrected chi connectivity index (χ0v) is 12.7. The number of unbranched alkanes of at least 4 members (excludes halogenated alkanes) is 1. The van der Waals surface area contributed by atoms with Gasteiger partial charge in [-0.3, -0.25) is 9.59 Å². The summed E-state index contributed by atoms with van der Waals surface area (Å²) in [6, 6.07) is 0. The van der Waals surface area contributed by atoms with Crippen molar-refractivity contribution < 1.29 is 14.7 Å². The third kappa shape index (κ3) is 10.5. The van der Waals surface area contributed by atoms with Crippen molar-refractivity contribution in [2.24, 2.45) is 5.92 Å². The molecule has 5 nitrogen and oxygen atoms in total. The SMILES string of the molecule is CC(C)CN(CCN(C)C)C(=O)CCCCC(=O)O. The van der Waals surface area contributed by atoms with Gasteiger partial charge in [0, 0.05) is 32.5 Å². The molecular weight excluding hydrogens is 244 g/mol. The average molecular weight is 272 g/mol. The van der Waals surface area contributed by atoms with Crippen LogP contribution in [-0.2, 0) is 9.59 Å². The van der Waals surface area contributed by atoms with Crippen LogP contribution in [0.15, 0.2) is 0 Å². The molecule has 1 N–H and O–H groups in total. The highest BCUT2D eigenvalue weighted by atomic mass is 16.4. The van der Waals surface area contributed by atoms with Crippen molar-refractivity contribution in [2.75, 3.05) is 33.7 Å². The highest BCUT2D eigenvalue weighted by molar-refractivity contribution is 5.76. The molecule has 0 aliphatic rings. The number of amides is 1. The van der Waals surface area contributed by atoms with Gasteiger partial charge >= 0.3 is 5.97 Å². The normalized spacial score (nSPS) is 11.1. The third-order valence-corrected chi connectivity index (χ3v) is 2.79. The quantitative estimate of drug-likeness (QED) is 0.615. The Morgan fingerprint density at radius 3 is 2.11 bits per heavy atom. The van der Waals surface area contributed by atoms with Gasteiger partial charge in [0.2, 0.25) is 5.91 Å². The van der Waals surface area contributed by atoms with Gasteiger partial charge in [0.25, 0.3) is 0 Å². The highest BCUT2D eigenvalue weighted by Gasteiger charge is 2.14. The van der Waals surface area contributed by atoms with E-state index < -0.39 is 5.97 Å². The number of carboxylic acids is 1. The zero-order chi connectivity index (χ0) is 14.8. The lowest BCUT2D eigenvalue weighted by Crippen LogP contribution is -2.38. The van der Waals surface area contributed by atoms with Crippen LogP contribution >= 0.6 is 0 Å². The summed E-state index contributed by atoms with van der Waals surface area (Å²) in [5.74, 6) is -0.204. The van der Waals surface area contributed by atoms with E-state index in [0.29, 0.717) is 25.2 Å². The predicted molar refractivity (Wildman–Crippen MR) is 76.1 cm³/mol. The van der Waals surface area contributed by atoms with Crippen molar-refractivity contribution >= 4 is 11.9 Å². The molecule has 0 spiro atoms. The lowest BCUT2D eigenvalue weighted by Gasteiger charge is -2.26. The van der Waals surface area contributed by atoms with Gasteiger partial charge in [0.05, 0.1) is 0 Å². The molecule has 0 saturated carbocycles. The van der Waals surface area contributed by atoms with E-state index in [1.165, 1.54) is 0 Å². The van der Waals surface area contributed by atoms with Gasteiger partial charge < -0.3 is 14.9 Å². The highest BCUT2D eigenvalue weighted by Crippen LogP contribution is 2.06. The number of rotatable bonds is 10. The minimum atomic E-state index is -0.793. The maximum atomic E-state index is 12.1. The standard InChI is InChI=1S/C14H28N2O3/c1-12(2)11-16(10-9-15(3)4)13(17)7-5-6-8-14(18)19/h12H,5-11H2,1-4H3,(H,18,19). The number of aliphatic carboxylic acids is 1. The summed E-state index contributed by atoms with van der Waals surface area (Å²) in [5, 5.41) is 8.55. The van der Waals surface area contributed by atoms with Gasteiger partial charge in [-0.05, 0) is 32.9 Å². The summed E-state index contributed by atoms with van der Waals surface area (Å²) in [5.41, 5.74) is 0. The second kappa shape index (κ2) is 9.78. The lowest BCUT2D eigenvalue weighted by molar-refractivity contribution is -0.137. The molecule has 0 unspecified atom stereocenters. The number of carbonyl (C=O) groups is 2. The van der Waals surface area contributed by atoms with E-state index in [2.05, 4.69) is 18.7 Å². The van der Waals surface area contributed by atoms with Gasteiger partial charge in [-0.2, -0.15) is 0 Å². The molecule has 112 valence electrons. The van der Waals surface area contributed by atoms with Crippen molar-refractivity contribution in [3.8, 4) is 0 Å². The molecule has 0 radical (unpaired) electrons. The Kier molecular flexibility index (Phi) is 9.21. The molecule has 19 heavy (non-hydrogen) atoms. The van der Waals surface area contributed by atoms with Crippen molar-refractivity contribution in [1.29, 1.82) is 0 Å².